The number of rotatable bonds is 3. The number of hydrogen-bond donors (Lipinski definition) is 0. The highest BCUT2D eigenvalue weighted by Gasteiger charge is 2.15. The van der Waals surface area contributed by atoms with Crippen molar-refractivity contribution in [3.63, 3.8) is 0 Å². The normalized spacial score (nSPS) is 11.7. The van der Waals surface area contributed by atoms with Crippen molar-refractivity contribution in [2.75, 3.05) is 0 Å². The molecule has 0 saturated carbocycles. The Balaban J connectivity index is 1.22. The lowest BCUT2D eigenvalue weighted by Crippen LogP contribution is -2.00. The van der Waals surface area contributed by atoms with E-state index >= 15 is 0 Å². The Morgan fingerprint density at radius 1 is 0.326 bits per heavy atom. The molecule has 0 unspecified atom stereocenters. The van der Waals surface area contributed by atoms with Crippen molar-refractivity contribution < 1.29 is 4.42 Å². The van der Waals surface area contributed by atoms with Gasteiger partial charge in [0, 0.05) is 27.5 Å². The summed E-state index contributed by atoms with van der Waals surface area (Å²) in [6.07, 6.45) is 0. The topological polar surface area (TPSA) is 51.8 Å². The summed E-state index contributed by atoms with van der Waals surface area (Å²) in [5.74, 6) is 1.88. The first-order chi connectivity index (χ1) is 21.3. The molecule has 4 nitrogen and oxygen atoms in total. The molecule has 0 aliphatic heterocycles. The van der Waals surface area contributed by atoms with Gasteiger partial charge in [-0.1, -0.05) is 115 Å². The molecule has 0 atom stereocenters. The van der Waals surface area contributed by atoms with Crippen LogP contribution in [0.3, 0.4) is 0 Å². The molecular weight excluding hydrogens is 526 g/mol. The van der Waals surface area contributed by atoms with Crippen molar-refractivity contribution in [1.82, 2.24) is 15.0 Å². The van der Waals surface area contributed by atoms with Crippen LogP contribution in [-0.2, 0) is 0 Å². The number of aromatic nitrogens is 3. The maximum absolute atomic E-state index is 6.18. The van der Waals surface area contributed by atoms with Crippen molar-refractivity contribution in [3.05, 3.63) is 140 Å². The summed E-state index contributed by atoms with van der Waals surface area (Å²) in [6, 6.07) is 48.2. The lowest BCUT2D eigenvalue weighted by Gasteiger charge is -2.11. The Labute approximate surface area is 246 Å². The van der Waals surface area contributed by atoms with Crippen molar-refractivity contribution in [2.45, 2.75) is 0 Å². The molecule has 0 amide bonds. The Morgan fingerprint density at radius 3 is 1.65 bits per heavy atom. The number of hydrogen-bond acceptors (Lipinski definition) is 4. The van der Waals surface area contributed by atoms with Gasteiger partial charge in [0.15, 0.2) is 17.5 Å². The molecule has 7 aromatic carbocycles. The third kappa shape index (κ3) is 3.88. The van der Waals surface area contributed by atoms with Gasteiger partial charge in [0.05, 0.1) is 0 Å². The second kappa shape index (κ2) is 9.33. The van der Waals surface area contributed by atoms with Crippen molar-refractivity contribution in [3.8, 4) is 34.2 Å². The second-order valence-electron chi connectivity index (χ2n) is 10.9. The van der Waals surface area contributed by atoms with Crippen LogP contribution in [0.2, 0.25) is 0 Å². The van der Waals surface area contributed by atoms with E-state index in [0.717, 1.165) is 44.0 Å². The fraction of sp³-hybridized carbons (Fsp3) is 0. The summed E-state index contributed by atoms with van der Waals surface area (Å²) in [7, 11) is 0. The molecule has 0 saturated heterocycles. The van der Waals surface area contributed by atoms with Crippen LogP contribution in [0.4, 0.5) is 0 Å². The quantitative estimate of drug-likeness (QED) is 0.206. The average Bonchev–Trinajstić information content (AvgIpc) is 3.46. The molecule has 2 heterocycles. The SMILES string of the molecule is c1ccc(-c2nc(-c3ccc4c(ccc5c6ccccc6ccc45)c3)nc(-c3ccc4c(c3)oc3ccccc34)n2)cc1. The third-order valence-electron chi connectivity index (χ3n) is 8.30. The van der Waals surface area contributed by atoms with Crippen LogP contribution in [0.1, 0.15) is 0 Å². The zero-order chi connectivity index (χ0) is 28.3. The summed E-state index contributed by atoms with van der Waals surface area (Å²) in [5, 5.41) is 9.54. The monoisotopic (exact) mass is 549 g/mol. The minimum atomic E-state index is 0.608. The minimum absolute atomic E-state index is 0.608. The van der Waals surface area contributed by atoms with Gasteiger partial charge in [0.25, 0.3) is 0 Å². The van der Waals surface area contributed by atoms with Gasteiger partial charge in [-0.15, -0.1) is 0 Å². The van der Waals surface area contributed by atoms with Gasteiger partial charge in [-0.2, -0.15) is 0 Å². The third-order valence-corrected chi connectivity index (χ3v) is 8.30. The number of furan rings is 1. The van der Waals surface area contributed by atoms with E-state index in [4.69, 9.17) is 19.4 Å². The zero-order valence-corrected chi connectivity index (χ0v) is 23.0. The van der Waals surface area contributed by atoms with Crippen LogP contribution in [0.5, 0.6) is 0 Å². The van der Waals surface area contributed by atoms with Crippen LogP contribution < -0.4 is 0 Å². The lowest BCUT2D eigenvalue weighted by molar-refractivity contribution is 0.669. The molecule has 2 aromatic heterocycles. The van der Waals surface area contributed by atoms with E-state index in [0.29, 0.717) is 17.5 Å². The first kappa shape index (κ1) is 23.8. The number of fused-ring (bicyclic) bond motifs is 8. The highest BCUT2D eigenvalue weighted by atomic mass is 16.3. The molecule has 200 valence electrons. The van der Waals surface area contributed by atoms with E-state index in [1.54, 1.807) is 0 Å². The van der Waals surface area contributed by atoms with Crippen molar-refractivity contribution in [1.29, 1.82) is 0 Å². The zero-order valence-electron chi connectivity index (χ0n) is 23.0. The summed E-state index contributed by atoms with van der Waals surface area (Å²) >= 11 is 0. The van der Waals surface area contributed by atoms with Gasteiger partial charge < -0.3 is 4.42 Å². The fourth-order valence-electron chi connectivity index (χ4n) is 6.18. The largest absolute Gasteiger partial charge is 0.456 e. The predicted octanol–water partition coefficient (Wildman–Crippen LogP) is 10.2. The van der Waals surface area contributed by atoms with Gasteiger partial charge >= 0.3 is 0 Å². The standard InChI is InChI=1S/C39H23N3O/c1-2-9-25(10-3-1)37-40-38(42-39(41-37)28-17-21-34-33-12-6-7-13-35(33)43-36(34)23-28)27-16-18-30-26(22-27)15-20-31-29-11-5-4-8-24(29)14-19-32(30)31/h1-23H. The van der Waals surface area contributed by atoms with Gasteiger partial charge in [-0.25, -0.2) is 15.0 Å². The maximum Gasteiger partial charge on any atom is 0.164 e. The highest BCUT2D eigenvalue weighted by molar-refractivity contribution is 6.17. The van der Waals surface area contributed by atoms with E-state index < -0.39 is 0 Å². The predicted molar refractivity (Wildman–Crippen MR) is 176 cm³/mol. The number of nitrogens with zero attached hydrogens (tertiary/aromatic N) is 3. The lowest BCUT2D eigenvalue weighted by atomic mass is 9.96. The molecule has 0 aliphatic rings. The molecular formula is C39H23N3O. The Morgan fingerprint density at radius 2 is 0.860 bits per heavy atom. The van der Waals surface area contributed by atoms with Gasteiger partial charge in [-0.3, -0.25) is 0 Å². The first-order valence-electron chi connectivity index (χ1n) is 14.4. The smallest absolute Gasteiger partial charge is 0.164 e. The Bertz CT molecular complexity index is 2510. The summed E-state index contributed by atoms with van der Waals surface area (Å²) in [6.45, 7) is 0. The van der Waals surface area contributed by atoms with Crippen LogP contribution in [0.25, 0.3) is 88.4 Å². The first-order valence-corrected chi connectivity index (χ1v) is 14.4. The maximum atomic E-state index is 6.18. The molecule has 0 spiro atoms. The summed E-state index contributed by atoms with van der Waals surface area (Å²) in [4.78, 5) is 14.9. The summed E-state index contributed by atoms with van der Waals surface area (Å²) < 4.78 is 6.18. The summed E-state index contributed by atoms with van der Waals surface area (Å²) in [5.41, 5.74) is 4.44. The molecule has 0 N–H and O–H groups in total. The van der Waals surface area contributed by atoms with Crippen LogP contribution in [0, 0.1) is 0 Å². The minimum Gasteiger partial charge on any atom is -0.456 e. The van der Waals surface area contributed by atoms with Crippen LogP contribution in [-0.4, -0.2) is 15.0 Å². The molecule has 4 heteroatoms. The van der Waals surface area contributed by atoms with Gasteiger partial charge in [0.1, 0.15) is 11.2 Å². The molecule has 0 bridgehead atoms. The van der Waals surface area contributed by atoms with E-state index in [1.807, 2.05) is 54.6 Å². The molecule has 0 fully saturated rings. The fourth-order valence-corrected chi connectivity index (χ4v) is 6.18. The molecule has 0 radical (unpaired) electrons. The Hall–Kier alpha value is -5.87. The van der Waals surface area contributed by atoms with E-state index in [-0.39, 0.29) is 0 Å². The highest BCUT2D eigenvalue weighted by Crippen LogP contribution is 2.35. The Kier molecular flexibility index (Phi) is 5.16. The molecule has 9 aromatic rings. The van der Waals surface area contributed by atoms with E-state index in [2.05, 4.69) is 84.9 Å². The van der Waals surface area contributed by atoms with E-state index in [1.165, 1.54) is 26.9 Å². The number of benzene rings is 7. The second-order valence-corrected chi connectivity index (χ2v) is 10.9. The average molecular weight is 550 g/mol. The molecule has 9 rings (SSSR count). The number of para-hydroxylation sites is 1. The van der Waals surface area contributed by atoms with Crippen molar-refractivity contribution in [2.24, 2.45) is 0 Å². The molecule has 43 heavy (non-hydrogen) atoms. The van der Waals surface area contributed by atoms with Gasteiger partial charge in [-0.05, 0) is 56.6 Å². The van der Waals surface area contributed by atoms with Crippen molar-refractivity contribution >= 4 is 54.3 Å². The van der Waals surface area contributed by atoms with Gasteiger partial charge in [0.2, 0.25) is 0 Å². The van der Waals surface area contributed by atoms with Crippen LogP contribution >= 0.6 is 0 Å². The van der Waals surface area contributed by atoms with Crippen LogP contribution in [0.15, 0.2) is 144 Å². The molecule has 0 aliphatic carbocycles. The van der Waals surface area contributed by atoms with E-state index in [9.17, 15) is 0 Å².